The van der Waals surface area contributed by atoms with Gasteiger partial charge >= 0.3 is 0 Å². The second-order valence-electron chi connectivity index (χ2n) is 9.67. The third-order valence-electron chi connectivity index (χ3n) is 7.56. The number of carbonyl (C=O) groups excluding carboxylic acids is 1. The Balaban J connectivity index is 1.37. The summed E-state index contributed by atoms with van der Waals surface area (Å²) in [5.74, 6) is 1.46. The van der Waals surface area contributed by atoms with E-state index in [9.17, 15) is 9.90 Å². The molecular formula is C25H32ClN5O2. The fourth-order valence-electron chi connectivity index (χ4n) is 5.80. The number of rotatable bonds is 5. The molecule has 7 nitrogen and oxygen atoms in total. The van der Waals surface area contributed by atoms with Crippen LogP contribution in [0.1, 0.15) is 61.1 Å². The van der Waals surface area contributed by atoms with Crippen molar-refractivity contribution in [3.05, 3.63) is 52.4 Å². The lowest BCUT2D eigenvalue weighted by Crippen LogP contribution is -2.52. The minimum absolute atomic E-state index is 0.0313. The molecule has 0 unspecified atom stereocenters. The van der Waals surface area contributed by atoms with Crippen LogP contribution in [0, 0.1) is 0 Å². The molecule has 176 valence electrons. The molecule has 0 saturated carbocycles. The van der Waals surface area contributed by atoms with E-state index in [1.807, 2.05) is 24.3 Å². The van der Waals surface area contributed by atoms with Crippen LogP contribution in [0.3, 0.4) is 0 Å². The molecule has 1 aromatic carbocycles. The van der Waals surface area contributed by atoms with Gasteiger partial charge in [0.15, 0.2) is 5.78 Å². The van der Waals surface area contributed by atoms with Crippen LogP contribution >= 0.6 is 11.6 Å². The van der Waals surface area contributed by atoms with Gasteiger partial charge in [0.2, 0.25) is 0 Å². The quantitative estimate of drug-likeness (QED) is 0.720. The molecule has 1 aliphatic carbocycles. The maximum absolute atomic E-state index is 13.7. The Bertz CT molecular complexity index is 1010. The maximum atomic E-state index is 13.7. The van der Waals surface area contributed by atoms with Crippen molar-refractivity contribution in [3.8, 4) is 0 Å². The minimum atomic E-state index is -0.506. The highest BCUT2D eigenvalue weighted by atomic mass is 35.5. The lowest BCUT2D eigenvalue weighted by Gasteiger charge is -2.41. The molecular weight excluding hydrogens is 438 g/mol. The number of aliphatic hydroxyl groups is 1. The standard InChI is InChI=1S/C25H32ClN5O2/c1-16-14-20(32)22-21(16)25(28-15-27-22)31-12-10-30(11-13-31)23(17-5-7-18(26)8-6-17)24(33)19-4-3-9-29(19)2/h5-8,15-16,19-20,23,32H,3-4,9-14H2,1-2H3/t16-,19+,20+,23+/m1/s1. The molecule has 0 spiro atoms. The van der Waals surface area contributed by atoms with Gasteiger partial charge in [-0.15, -0.1) is 0 Å². The van der Waals surface area contributed by atoms with Gasteiger partial charge < -0.3 is 10.0 Å². The zero-order chi connectivity index (χ0) is 23.1. The summed E-state index contributed by atoms with van der Waals surface area (Å²) in [5, 5.41) is 11.0. The molecule has 2 aliphatic heterocycles. The first-order chi connectivity index (χ1) is 15.9. The smallest absolute Gasteiger partial charge is 0.171 e. The Kier molecular flexibility index (Phi) is 6.40. The number of benzene rings is 1. The number of carbonyl (C=O) groups is 1. The lowest BCUT2D eigenvalue weighted by atomic mass is 9.94. The molecule has 2 aromatic rings. The van der Waals surface area contributed by atoms with E-state index in [0.717, 1.165) is 68.2 Å². The topological polar surface area (TPSA) is 72.8 Å². The predicted octanol–water partition coefficient (Wildman–Crippen LogP) is 3.20. The number of hydrogen-bond acceptors (Lipinski definition) is 7. The number of hydrogen-bond donors (Lipinski definition) is 1. The minimum Gasteiger partial charge on any atom is -0.387 e. The van der Waals surface area contributed by atoms with Crippen molar-refractivity contribution in [2.24, 2.45) is 0 Å². The molecule has 1 N–H and O–H groups in total. The highest BCUT2D eigenvalue weighted by Gasteiger charge is 2.39. The zero-order valence-corrected chi connectivity index (χ0v) is 20.1. The third-order valence-corrected chi connectivity index (χ3v) is 7.81. The predicted molar refractivity (Wildman–Crippen MR) is 129 cm³/mol. The molecule has 3 heterocycles. The van der Waals surface area contributed by atoms with Crippen LogP contribution in [0.5, 0.6) is 0 Å². The highest BCUT2D eigenvalue weighted by molar-refractivity contribution is 6.30. The molecule has 2 fully saturated rings. The summed E-state index contributed by atoms with van der Waals surface area (Å²) >= 11 is 6.14. The summed E-state index contributed by atoms with van der Waals surface area (Å²) < 4.78 is 0. The third kappa shape index (κ3) is 4.28. The Morgan fingerprint density at radius 2 is 1.85 bits per heavy atom. The van der Waals surface area contributed by atoms with Crippen LogP contribution in [0.15, 0.2) is 30.6 Å². The molecule has 0 amide bonds. The van der Waals surface area contributed by atoms with E-state index in [2.05, 4.69) is 38.6 Å². The van der Waals surface area contributed by atoms with Crippen molar-refractivity contribution in [2.75, 3.05) is 44.7 Å². The monoisotopic (exact) mass is 469 g/mol. The van der Waals surface area contributed by atoms with Gasteiger partial charge in [-0.05, 0) is 56.5 Å². The maximum Gasteiger partial charge on any atom is 0.171 e. The summed E-state index contributed by atoms with van der Waals surface area (Å²) in [5.41, 5.74) is 2.86. The number of ketones is 1. The van der Waals surface area contributed by atoms with Crippen LogP contribution in [0.2, 0.25) is 5.02 Å². The summed E-state index contributed by atoms with van der Waals surface area (Å²) in [4.78, 5) is 29.5. The fraction of sp³-hybridized carbons (Fsp3) is 0.560. The van der Waals surface area contributed by atoms with E-state index in [0.29, 0.717) is 11.4 Å². The number of likely N-dealkylation sites (N-methyl/N-ethyl adjacent to an activating group) is 1. The van der Waals surface area contributed by atoms with E-state index < -0.39 is 6.10 Å². The van der Waals surface area contributed by atoms with E-state index in [1.54, 1.807) is 6.33 Å². The normalized spacial score (nSPS) is 27.0. The second kappa shape index (κ2) is 9.29. The van der Waals surface area contributed by atoms with Gasteiger partial charge in [0, 0.05) is 36.8 Å². The molecule has 2 saturated heterocycles. The van der Waals surface area contributed by atoms with Gasteiger partial charge in [-0.2, -0.15) is 0 Å². The Labute approximate surface area is 200 Å². The van der Waals surface area contributed by atoms with Gasteiger partial charge in [0.25, 0.3) is 0 Å². The number of Topliss-reactive ketones (excluding diaryl/α,β-unsaturated/α-hetero) is 1. The lowest BCUT2D eigenvalue weighted by molar-refractivity contribution is -0.128. The Morgan fingerprint density at radius 1 is 1.12 bits per heavy atom. The van der Waals surface area contributed by atoms with Gasteiger partial charge in [-0.3, -0.25) is 14.6 Å². The van der Waals surface area contributed by atoms with E-state index in [-0.39, 0.29) is 23.8 Å². The first-order valence-electron chi connectivity index (χ1n) is 12.0. The Hall–Kier alpha value is -2.06. The van der Waals surface area contributed by atoms with Crippen molar-refractivity contribution in [3.63, 3.8) is 0 Å². The van der Waals surface area contributed by atoms with Crippen molar-refractivity contribution in [2.45, 2.75) is 50.3 Å². The molecule has 4 atom stereocenters. The number of halogens is 1. The first kappa shape index (κ1) is 22.7. The van der Waals surface area contributed by atoms with Gasteiger partial charge in [-0.25, -0.2) is 9.97 Å². The van der Waals surface area contributed by atoms with Gasteiger partial charge in [-0.1, -0.05) is 30.7 Å². The number of piperazine rings is 1. The summed E-state index contributed by atoms with van der Waals surface area (Å²) in [6.07, 6.45) is 3.75. The summed E-state index contributed by atoms with van der Waals surface area (Å²) in [7, 11) is 2.05. The molecule has 3 aliphatic rings. The fourth-order valence-corrected chi connectivity index (χ4v) is 5.92. The summed E-state index contributed by atoms with van der Waals surface area (Å²) in [6.45, 7) is 6.20. The van der Waals surface area contributed by atoms with Crippen molar-refractivity contribution in [1.29, 1.82) is 0 Å². The molecule has 0 radical (unpaired) electrons. The van der Waals surface area contributed by atoms with Crippen molar-refractivity contribution >= 4 is 23.2 Å². The van der Waals surface area contributed by atoms with E-state index >= 15 is 0 Å². The first-order valence-corrected chi connectivity index (χ1v) is 12.3. The highest BCUT2D eigenvalue weighted by Crippen LogP contribution is 2.43. The molecule has 5 rings (SSSR count). The number of aliphatic hydroxyl groups excluding tert-OH is 1. The average Bonchev–Trinajstić information content (AvgIpc) is 3.38. The molecule has 0 bridgehead atoms. The van der Waals surface area contributed by atoms with Crippen LogP contribution in [0.4, 0.5) is 5.82 Å². The Morgan fingerprint density at radius 3 is 2.52 bits per heavy atom. The van der Waals surface area contributed by atoms with Crippen molar-refractivity contribution in [1.82, 2.24) is 19.8 Å². The number of likely N-dealkylation sites (tertiary alicyclic amines) is 1. The zero-order valence-electron chi connectivity index (χ0n) is 19.3. The molecule has 1 aromatic heterocycles. The number of aromatic nitrogens is 2. The number of fused-ring (bicyclic) bond motifs is 1. The molecule has 8 heteroatoms. The van der Waals surface area contributed by atoms with Crippen molar-refractivity contribution < 1.29 is 9.90 Å². The number of anilines is 1. The molecule has 33 heavy (non-hydrogen) atoms. The van der Waals surface area contributed by atoms with Crippen LogP contribution in [-0.2, 0) is 4.79 Å². The van der Waals surface area contributed by atoms with Crippen LogP contribution in [-0.4, -0.2) is 76.5 Å². The largest absolute Gasteiger partial charge is 0.387 e. The van der Waals surface area contributed by atoms with E-state index in [4.69, 9.17) is 11.6 Å². The summed E-state index contributed by atoms with van der Waals surface area (Å²) in [6, 6.07) is 7.44. The van der Waals surface area contributed by atoms with Crippen LogP contribution in [0.25, 0.3) is 0 Å². The second-order valence-corrected chi connectivity index (χ2v) is 10.1. The van der Waals surface area contributed by atoms with E-state index in [1.165, 1.54) is 0 Å². The van der Waals surface area contributed by atoms with Gasteiger partial charge in [0.1, 0.15) is 12.1 Å². The van der Waals surface area contributed by atoms with Crippen LogP contribution < -0.4 is 4.90 Å². The average molecular weight is 470 g/mol. The SMILES string of the molecule is C[C@@H]1C[C@H](O)c2ncnc(N3CCN([C@H](C(=O)[C@@H]4CCCN4C)c4ccc(Cl)cc4)CC3)c21. The van der Waals surface area contributed by atoms with Gasteiger partial charge in [0.05, 0.1) is 23.9 Å². The number of nitrogens with zero attached hydrogens (tertiary/aromatic N) is 5.